The number of nitrogens with zero attached hydrogens (tertiary/aromatic N) is 1. The van der Waals surface area contributed by atoms with Crippen LogP contribution < -0.4 is 0 Å². The summed E-state index contributed by atoms with van der Waals surface area (Å²) < 4.78 is 5.29. The van der Waals surface area contributed by atoms with E-state index in [1.54, 1.807) is 14.2 Å². The van der Waals surface area contributed by atoms with Gasteiger partial charge in [-0.25, -0.2) is 0 Å². The molecule has 1 aliphatic heterocycles. The van der Waals surface area contributed by atoms with E-state index in [1.807, 2.05) is 30.3 Å². The molecule has 1 aromatic rings. The minimum absolute atomic E-state index is 0.202. The summed E-state index contributed by atoms with van der Waals surface area (Å²) in [6, 6.07) is 9.55. The van der Waals surface area contributed by atoms with Gasteiger partial charge in [-0.1, -0.05) is 41.9 Å². The molecule has 1 atom stereocenters. The van der Waals surface area contributed by atoms with Crippen molar-refractivity contribution in [1.82, 2.24) is 4.90 Å². The van der Waals surface area contributed by atoms with Crippen LogP contribution in [0.25, 0.3) is 5.57 Å². The maximum Gasteiger partial charge on any atom is 0.267 e. The predicted molar refractivity (Wildman–Crippen MR) is 62.8 cm³/mol. The second-order valence-electron chi connectivity index (χ2n) is 3.60. The van der Waals surface area contributed by atoms with Gasteiger partial charge in [0.05, 0.1) is 0 Å². The van der Waals surface area contributed by atoms with E-state index in [-0.39, 0.29) is 10.9 Å². The van der Waals surface area contributed by atoms with Crippen LogP contribution in [-0.4, -0.2) is 31.2 Å². The van der Waals surface area contributed by atoms with Crippen LogP contribution in [0.4, 0.5) is 0 Å². The Hall–Kier alpha value is -1.32. The van der Waals surface area contributed by atoms with Crippen LogP contribution in [0.3, 0.4) is 0 Å². The van der Waals surface area contributed by atoms with Gasteiger partial charge in [0.25, 0.3) is 5.91 Å². The Balaban J connectivity index is 2.50. The average molecular weight is 238 g/mol. The lowest BCUT2D eigenvalue weighted by molar-refractivity contribution is -0.130. The molecule has 0 aromatic heterocycles. The molecule has 84 valence electrons. The van der Waals surface area contributed by atoms with Crippen molar-refractivity contribution in [1.29, 1.82) is 0 Å². The lowest BCUT2D eigenvalue weighted by atomic mass is 10.1. The number of methoxy groups -OCH3 is 1. The van der Waals surface area contributed by atoms with Crippen LogP contribution in [0, 0.1) is 0 Å². The average Bonchev–Trinajstić information content (AvgIpc) is 2.54. The van der Waals surface area contributed by atoms with E-state index in [0.717, 1.165) is 11.1 Å². The molecular formula is C12H12ClNO2. The molecule has 3 nitrogen and oxygen atoms in total. The Labute approximate surface area is 99.3 Å². The van der Waals surface area contributed by atoms with Crippen molar-refractivity contribution in [3.63, 3.8) is 0 Å². The number of carbonyl (C=O) groups excluding carboxylic acids is 1. The third kappa shape index (κ3) is 1.62. The Morgan fingerprint density at radius 3 is 2.50 bits per heavy atom. The third-order valence-electron chi connectivity index (χ3n) is 2.65. The molecule has 0 saturated carbocycles. The Kier molecular flexibility index (Phi) is 2.99. The predicted octanol–water partition coefficient (Wildman–Crippen LogP) is 2.08. The first-order chi connectivity index (χ1) is 7.66. The molecular weight excluding hydrogens is 226 g/mol. The fourth-order valence-electron chi connectivity index (χ4n) is 1.84. The summed E-state index contributed by atoms with van der Waals surface area (Å²) in [5.41, 5.74) is 1.65. The highest BCUT2D eigenvalue weighted by atomic mass is 35.5. The summed E-state index contributed by atoms with van der Waals surface area (Å²) in [4.78, 5) is 13.2. The summed E-state index contributed by atoms with van der Waals surface area (Å²) in [7, 11) is 3.24. The maximum absolute atomic E-state index is 11.7. The molecule has 0 N–H and O–H groups in total. The summed E-state index contributed by atoms with van der Waals surface area (Å²) in [5, 5.41) is 0.237. The first-order valence-corrected chi connectivity index (χ1v) is 5.29. The number of hydrogen-bond acceptors (Lipinski definition) is 2. The molecule has 0 saturated heterocycles. The van der Waals surface area contributed by atoms with Gasteiger partial charge in [0.15, 0.2) is 6.23 Å². The van der Waals surface area contributed by atoms with Crippen molar-refractivity contribution in [2.45, 2.75) is 6.23 Å². The molecule has 0 radical (unpaired) electrons. The summed E-state index contributed by atoms with van der Waals surface area (Å²) in [6.07, 6.45) is -0.401. The van der Waals surface area contributed by atoms with E-state index >= 15 is 0 Å². The standard InChI is InChI=1S/C12H12ClNO2/c1-14-11(15)10(13)9(12(14)16-2)8-6-4-3-5-7-8/h3-7,12H,1-2H3/t12-/m0/s1. The van der Waals surface area contributed by atoms with Crippen LogP contribution in [-0.2, 0) is 9.53 Å². The van der Waals surface area contributed by atoms with Gasteiger partial charge in [0.2, 0.25) is 0 Å². The number of halogens is 1. The number of hydrogen-bond donors (Lipinski definition) is 0. The van der Waals surface area contributed by atoms with Crippen molar-refractivity contribution >= 4 is 23.1 Å². The lowest BCUT2D eigenvalue weighted by Gasteiger charge is -2.21. The Morgan fingerprint density at radius 1 is 1.31 bits per heavy atom. The van der Waals surface area contributed by atoms with Gasteiger partial charge in [-0.15, -0.1) is 0 Å². The summed E-state index contributed by atoms with van der Waals surface area (Å²) >= 11 is 6.04. The lowest BCUT2D eigenvalue weighted by Crippen LogP contribution is -2.32. The van der Waals surface area contributed by atoms with Crippen LogP contribution >= 0.6 is 11.6 Å². The van der Waals surface area contributed by atoms with Gasteiger partial charge in [-0.3, -0.25) is 4.79 Å². The summed E-state index contributed by atoms with van der Waals surface area (Å²) in [6.45, 7) is 0. The van der Waals surface area contributed by atoms with Crippen molar-refractivity contribution in [2.24, 2.45) is 0 Å². The first kappa shape index (κ1) is 11.2. The molecule has 16 heavy (non-hydrogen) atoms. The topological polar surface area (TPSA) is 29.5 Å². The molecule has 0 aliphatic carbocycles. The number of carbonyl (C=O) groups is 1. The highest BCUT2D eigenvalue weighted by Crippen LogP contribution is 2.34. The zero-order valence-electron chi connectivity index (χ0n) is 9.11. The normalized spacial score (nSPS) is 20.8. The molecule has 4 heteroatoms. The van der Waals surface area contributed by atoms with Crippen LogP contribution in [0.15, 0.2) is 35.4 Å². The molecule has 1 aliphatic rings. The van der Waals surface area contributed by atoms with Gasteiger partial charge in [0.1, 0.15) is 5.03 Å². The van der Waals surface area contributed by atoms with E-state index in [9.17, 15) is 4.79 Å². The smallest absolute Gasteiger partial charge is 0.267 e. The van der Waals surface area contributed by atoms with Gasteiger partial charge >= 0.3 is 0 Å². The van der Waals surface area contributed by atoms with E-state index in [0.29, 0.717) is 0 Å². The van der Waals surface area contributed by atoms with Gasteiger partial charge in [-0.2, -0.15) is 0 Å². The van der Waals surface area contributed by atoms with Crippen LogP contribution in [0.5, 0.6) is 0 Å². The molecule has 0 spiro atoms. The fraction of sp³-hybridized carbons (Fsp3) is 0.250. The van der Waals surface area contributed by atoms with Crippen molar-refractivity contribution < 1.29 is 9.53 Å². The zero-order valence-corrected chi connectivity index (χ0v) is 9.86. The number of benzene rings is 1. The summed E-state index contributed by atoms with van der Waals surface area (Å²) in [5.74, 6) is -0.202. The minimum Gasteiger partial charge on any atom is -0.357 e. The quantitative estimate of drug-likeness (QED) is 0.788. The maximum atomic E-state index is 11.7. The fourth-order valence-corrected chi connectivity index (χ4v) is 2.18. The molecule has 1 aromatic carbocycles. The van der Waals surface area contributed by atoms with E-state index in [2.05, 4.69) is 0 Å². The molecule has 1 amide bonds. The van der Waals surface area contributed by atoms with Crippen molar-refractivity contribution in [3.05, 3.63) is 40.9 Å². The number of amides is 1. The van der Waals surface area contributed by atoms with Gasteiger partial charge < -0.3 is 9.64 Å². The van der Waals surface area contributed by atoms with Crippen molar-refractivity contribution in [3.8, 4) is 0 Å². The van der Waals surface area contributed by atoms with Gasteiger partial charge in [0, 0.05) is 19.7 Å². The number of likely N-dealkylation sites (N-methyl/N-ethyl adjacent to an activating group) is 1. The van der Waals surface area contributed by atoms with E-state index in [4.69, 9.17) is 16.3 Å². The van der Waals surface area contributed by atoms with Gasteiger partial charge in [-0.05, 0) is 5.56 Å². The highest BCUT2D eigenvalue weighted by molar-refractivity contribution is 6.46. The number of ether oxygens (including phenoxy) is 1. The molecule has 2 rings (SSSR count). The minimum atomic E-state index is -0.401. The number of rotatable bonds is 2. The molecule has 0 fully saturated rings. The van der Waals surface area contributed by atoms with Crippen LogP contribution in [0.2, 0.25) is 0 Å². The molecule has 1 heterocycles. The SMILES string of the molecule is CO[C@H]1C(c2ccccc2)=C(Cl)C(=O)N1C. The van der Waals surface area contributed by atoms with Crippen LogP contribution in [0.1, 0.15) is 5.56 Å². The zero-order chi connectivity index (χ0) is 11.7. The third-order valence-corrected chi connectivity index (χ3v) is 3.02. The van der Waals surface area contributed by atoms with Crippen molar-refractivity contribution in [2.75, 3.05) is 14.2 Å². The largest absolute Gasteiger partial charge is 0.357 e. The first-order valence-electron chi connectivity index (χ1n) is 4.92. The second-order valence-corrected chi connectivity index (χ2v) is 3.98. The Morgan fingerprint density at radius 2 is 1.94 bits per heavy atom. The molecule has 0 unspecified atom stereocenters. The monoisotopic (exact) mass is 237 g/mol. The van der Waals surface area contributed by atoms with E-state index < -0.39 is 6.23 Å². The second kappa shape index (κ2) is 4.28. The highest BCUT2D eigenvalue weighted by Gasteiger charge is 2.36. The molecule has 0 bridgehead atoms. The van der Waals surface area contributed by atoms with E-state index in [1.165, 1.54) is 4.90 Å². The Bertz CT molecular complexity index is 442.